The number of nitrogens with one attached hydrogen (secondary N) is 2. The Balaban J connectivity index is 1.98. The van der Waals surface area contributed by atoms with Crippen molar-refractivity contribution in [3.63, 3.8) is 0 Å². The van der Waals surface area contributed by atoms with Crippen molar-refractivity contribution in [2.45, 2.75) is 32.6 Å². The molecular weight excluding hydrogens is 360 g/mol. The lowest BCUT2D eigenvalue weighted by Gasteiger charge is -2.19. The number of hydroxylamine groups is 2. The molecule has 2 aromatic rings. The van der Waals surface area contributed by atoms with E-state index in [1.807, 2.05) is 0 Å². The molecule has 0 aliphatic heterocycles. The molecule has 140 valence electrons. The van der Waals surface area contributed by atoms with Gasteiger partial charge in [-0.25, -0.2) is 10.0 Å². The minimum Gasteiger partial charge on any atom is -0.286 e. The maximum absolute atomic E-state index is 12.3. The monoisotopic (exact) mass is 380 g/mol. The first kappa shape index (κ1) is 19.8. The van der Waals surface area contributed by atoms with E-state index in [9.17, 15) is 14.8 Å². The number of amides is 2. The number of carbonyl (C=O) groups excluding carboxylic acids is 2. The van der Waals surface area contributed by atoms with Gasteiger partial charge >= 0.3 is 0 Å². The predicted molar refractivity (Wildman–Crippen MR) is 96.3 cm³/mol. The van der Waals surface area contributed by atoms with Crippen LogP contribution in [0.3, 0.4) is 0 Å². The lowest BCUT2D eigenvalue weighted by atomic mass is 10.0. The van der Waals surface area contributed by atoms with Crippen molar-refractivity contribution in [3.8, 4) is 0 Å². The highest BCUT2D eigenvalue weighted by molar-refractivity contribution is 6.31. The number of hydrogen-bond acceptors (Lipinski definition) is 7. The Hall–Kier alpha value is -2.52. The zero-order valence-corrected chi connectivity index (χ0v) is 15.1. The Labute approximate surface area is 155 Å². The minimum absolute atomic E-state index is 0.0872. The molecule has 1 heterocycles. The van der Waals surface area contributed by atoms with Crippen LogP contribution in [-0.4, -0.2) is 44.3 Å². The summed E-state index contributed by atoms with van der Waals surface area (Å²) in [5.74, 6) is -0.810. The van der Waals surface area contributed by atoms with Crippen LogP contribution in [0.1, 0.15) is 32.6 Å². The summed E-state index contributed by atoms with van der Waals surface area (Å²) in [4.78, 5) is 27.2. The Bertz CT molecular complexity index is 760. The van der Waals surface area contributed by atoms with Gasteiger partial charge in [-0.3, -0.25) is 25.6 Å². The molecule has 26 heavy (non-hydrogen) atoms. The summed E-state index contributed by atoms with van der Waals surface area (Å²) in [6.45, 7) is 1.97. The zero-order valence-electron chi connectivity index (χ0n) is 14.4. The highest BCUT2D eigenvalue weighted by Gasteiger charge is 2.20. The summed E-state index contributed by atoms with van der Waals surface area (Å²) < 4.78 is 0. The molecule has 2 amide bonds. The van der Waals surface area contributed by atoms with Gasteiger partial charge in [0.25, 0.3) is 5.95 Å². The first-order valence-corrected chi connectivity index (χ1v) is 8.68. The number of anilines is 1. The highest BCUT2D eigenvalue weighted by atomic mass is 35.5. The summed E-state index contributed by atoms with van der Waals surface area (Å²) in [5.41, 5.74) is 6.21. The molecule has 0 unspecified atom stereocenters. The number of aromatic nitrogens is 3. The van der Waals surface area contributed by atoms with E-state index < -0.39 is 5.92 Å². The molecule has 1 atom stereocenters. The van der Waals surface area contributed by atoms with Crippen LogP contribution in [0.5, 0.6) is 0 Å². The molecular formula is C16H21ClN6O3. The number of nitrogens with zero attached hydrogens (tertiary/aromatic N) is 4. The maximum atomic E-state index is 12.3. The van der Waals surface area contributed by atoms with Crippen molar-refractivity contribution in [2.24, 2.45) is 5.92 Å². The van der Waals surface area contributed by atoms with Crippen LogP contribution in [0.25, 0.3) is 11.0 Å². The average molecular weight is 381 g/mol. The van der Waals surface area contributed by atoms with Crippen LogP contribution in [0.15, 0.2) is 18.2 Å². The van der Waals surface area contributed by atoms with E-state index in [0.717, 1.165) is 19.3 Å². The zero-order chi connectivity index (χ0) is 18.9. The normalized spacial score (nSPS) is 11.8. The molecule has 10 heteroatoms. The van der Waals surface area contributed by atoms with E-state index in [1.54, 1.807) is 18.2 Å². The molecule has 9 nitrogen and oxygen atoms in total. The van der Waals surface area contributed by atoms with Crippen LogP contribution in [0.4, 0.5) is 5.95 Å². The lowest BCUT2D eigenvalue weighted by Crippen LogP contribution is -2.40. The fourth-order valence-electron chi connectivity index (χ4n) is 2.40. The minimum atomic E-state index is -0.559. The van der Waals surface area contributed by atoms with Crippen molar-refractivity contribution in [2.75, 3.05) is 12.0 Å². The second-order valence-electron chi connectivity index (χ2n) is 5.80. The summed E-state index contributed by atoms with van der Waals surface area (Å²) in [7, 11) is 0. The number of hydrogen-bond donors (Lipinski definition) is 3. The largest absolute Gasteiger partial charge is 0.286 e. The van der Waals surface area contributed by atoms with Crippen LogP contribution in [0.2, 0.25) is 5.02 Å². The number of rotatable bonds is 10. The van der Waals surface area contributed by atoms with Gasteiger partial charge in [-0.1, -0.05) is 37.8 Å². The number of benzene rings is 1. The SMILES string of the molecule is CCCCC[C@H](CN(O)C=O)C(=O)NNc1nnc2cc(Cl)ccc2n1. The standard InChI is InChI=1S/C16H21ClN6O3/c1-2-3-4-5-11(9-23(26)10-24)15(25)20-22-16-18-13-7-6-12(17)8-14(13)19-21-16/h6-8,10-11,26H,2-5,9H2,1H3,(H,20,25)(H,18,21,22)/t11-/m1/s1. The topological polar surface area (TPSA) is 120 Å². The van der Waals surface area contributed by atoms with Crippen molar-refractivity contribution in [1.29, 1.82) is 0 Å². The molecule has 0 aliphatic carbocycles. The molecule has 0 spiro atoms. The number of unbranched alkanes of at least 4 members (excludes halogenated alkanes) is 2. The van der Waals surface area contributed by atoms with Crippen LogP contribution < -0.4 is 10.9 Å². The Morgan fingerprint density at radius 3 is 2.88 bits per heavy atom. The maximum Gasteiger partial charge on any atom is 0.262 e. The molecule has 2 rings (SSSR count). The summed E-state index contributed by atoms with van der Waals surface area (Å²) >= 11 is 5.88. The van der Waals surface area contributed by atoms with E-state index in [4.69, 9.17) is 11.6 Å². The van der Waals surface area contributed by atoms with Crippen LogP contribution in [-0.2, 0) is 9.59 Å². The van der Waals surface area contributed by atoms with E-state index >= 15 is 0 Å². The van der Waals surface area contributed by atoms with Crippen molar-refractivity contribution in [3.05, 3.63) is 23.2 Å². The molecule has 1 aromatic heterocycles. The fourth-order valence-corrected chi connectivity index (χ4v) is 2.56. The van der Waals surface area contributed by atoms with Crippen molar-refractivity contribution < 1.29 is 14.8 Å². The molecule has 0 saturated heterocycles. The molecule has 0 aliphatic rings. The van der Waals surface area contributed by atoms with Gasteiger partial charge in [-0.15, -0.1) is 10.2 Å². The van der Waals surface area contributed by atoms with Gasteiger partial charge in [0, 0.05) is 5.02 Å². The Morgan fingerprint density at radius 2 is 2.15 bits per heavy atom. The lowest BCUT2D eigenvalue weighted by molar-refractivity contribution is -0.154. The van der Waals surface area contributed by atoms with E-state index in [1.165, 1.54) is 0 Å². The van der Waals surface area contributed by atoms with E-state index in [2.05, 4.69) is 33.0 Å². The third-order valence-corrected chi connectivity index (χ3v) is 4.00. The highest BCUT2D eigenvalue weighted by Crippen LogP contribution is 2.16. The predicted octanol–water partition coefficient (Wildman–Crippen LogP) is 2.17. The van der Waals surface area contributed by atoms with Gasteiger partial charge < -0.3 is 0 Å². The molecule has 3 N–H and O–H groups in total. The fraction of sp³-hybridized carbons (Fsp3) is 0.438. The molecule has 0 radical (unpaired) electrons. The van der Waals surface area contributed by atoms with Crippen molar-refractivity contribution >= 4 is 40.9 Å². The smallest absolute Gasteiger partial charge is 0.262 e. The molecule has 1 aromatic carbocycles. The van der Waals surface area contributed by atoms with Gasteiger partial charge in [0.05, 0.1) is 18.0 Å². The third-order valence-electron chi connectivity index (χ3n) is 3.77. The van der Waals surface area contributed by atoms with Crippen molar-refractivity contribution in [1.82, 2.24) is 25.7 Å². The van der Waals surface area contributed by atoms with E-state index in [-0.39, 0.29) is 24.8 Å². The number of carbonyl (C=O) groups is 2. The summed E-state index contributed by atoms with van der Waals surface area (Å²) in [5, 5.41) is 18.2. The Morgan fingerprint density at radius 1 is 1.35 bits per heavy atom. The first-order valence-electron chi connectivity index (χ1n) is 8.30. The number of halogens is 1. The van der Waals surface area contributed by atoms with Gasteiger partial charge in [0.15, 0.2) is 0 Å². The average Bonchev–Trinajstić information content (AvgIpc) is 2.65. The van der Waals surface area contributed by atoms with Crippen LogP contribution >= 0.6 is 11.6 Å². The number of fused-ring (bicyclic) bond motifs is 1. The second kappa shape index (κ2) is 9.83. The van der Waals surface area contributed by atoms with Crippen LogP contribution in [0, 0.1) is 5.92 Å². The Kier molecular flexibility index (Phi) is 7.49. The van der Waals surface area contributed by atoms with Gasteiger partial charge in [-0.05, 0) is 24.6 Å². The summed E-state index contributed by atoms with van der Waals surface area (Å²) in [6, 6.07) is 5.01. The van der Waals surface area contributed by atoms with Gasteiger partial charge in [0.2, 0.25) is 12.3 Å². The third kappa shape index (κ3) is 5.78. The van der Waals surface area contributed by atoms with E-state index in [0.29, 0.717) is 27.5 Å². The van der Waals surface area contributed by atoms with Gasteiger partial charge in [-0.2, -0.15) is 0 Å². The molecule has 0 saturated carbocycles. The molecule has 0 bridgehead atoms. The number of hydrazine groups is 1. The first-order chi connectivity index (χ1) is 12.5. The molecule has 0 fully saturated rings. The van der Waals surface area contributed by atoms with Gasteiger partial charge in [0.1, 0.15) is 5.52 Å². The summed E-state index contributed by atoms with van der Waals surface area (Å²) in [6.07, 6.45) is 3.60. The second-order valence-corrected chi connectivity index (χ2v) is 6.24. The quantitative estimate of drug-likeness (QED) is 0.250.